The Morgan fingerprint density at radius 1 is 1.43 bits per heavy atom. The third-order valence-electron chi connectivity index (χ3n) is 3.01. The second-order valence-electron chi connectivity index (χ2n) is 4.45. The van der Waals surface area contributed by atoms with Crippen LogP contribution in [0.4, 0.5) is 5.82 Å². The molecule has 2 N–H and O–H groups in total. The maximum atomic E-state index is 11.2. The molecule has 0 aliphatic carbocycles. The van der Waals surface area contributed by atoms with Gasteiger partial charge in [0.25, 0.3) is 0 Å². The Kier molecular flexibility index (Phi) is 4.49. The lowest BCUT2D eigenvalue weighted by Gasteiger charge is -2.19. The van der Waals surface area contributed by atoms with Crippen molar-refractivity contribution in [3.8, 4) is 0 Å². The standard InChI is InChI=1S/C10H11N5O6P2/c11-9-8-10(13-4-12-9)15(5-14-8)7-2-1-6(20-7)3-19-23(17,18)21-22-16/h1-2,4-7,22H,3H2,(H2-,11,12,13,17,18)/t6-,7+/m0/s1. The second-order valence-corrected chi connectivity index (χ2v) is 6.50. The van der Waals surface area contributed by atoms with E-state index in [1.54, 1.807) is 16.7 Å². The summed E-state index contributed by atoms with van der Waals surface area (Å²) in [7, 11) is -6.04. The second kappa shape index (κ2) is 6.40. The van der Waals surface area contributed by atoms with Crippen LogP contribution in [0.2, 0.25) is 0 Å². The van der Waals surface area contributed by atoms with Crippen molar-refractivity contribution in [2.45, 2.75) is 12.3 Å². The Labute approximate surface area is 131 Å². The molecule has 0 fully saturated rings. The molecular formula is C10H11N5O6P2. The van der Waals surface area contributed by atoms with Gasteiger partial charge in [0.1, 0.15) is 17.9 Å². The molecule has 0 bridgehead atoms. The lowest BCUT2D eigenvalue weighted by Crippen LogP contribution is -2.18. The summed E-state index contributed by atoms with van der Waals surface area (Å²) in [6.07, 6.45) is 4.95. The maximum absolute atomic E-state index is 11.2. The minimum absolute atomic E-state index is 0.249. The number of rotatable bonds is 6. The number of fused-ring (bicyclic) bond motifs is 1. The third-order valence-corrected chi connectivity index (χ3v) is 4.67. The van der Waals surface area contributed by atoms with Crippen LogP contribution in [-0.4, -0.2) is 32.2 Å². The summed E-state index contributed by atoms with van der Waals surface area (Å²) < 4.78 is 37.1. The Morgan fingerprint density at radius 2 is 2.26 bits per heavy atom. The SMILES string of the molecule is Nc1ncnc2c1ncn2[C@H]1C=C[C@@H](COP(=O)([O-])O[PH+]=O)O1. The van der Waals surface area contributed by atoms with Crippen LogP contribution >= 0.6 is 16.5 Å². The molecule has 0 saturated heterocycles. The zero-order valence-corrected chi connectivity index (χ0v) is 13.3. The van der Waals surface area contributed by atoms with E-state index in [9.17, 15) is 14.0 Å². The Balaban J connectivity index is 1.68. The highest BCUT2D eigenvalue weighted by atomic mass is 31.2. The third kappa shape index (κ3) is 3.45. The maximum Gasteiger partial charge on any atom is 0.501 e. The van der Waals surface area contributed by atoms with E-state index < -0.39 is 28.8 Å². The van der Waals surface area contributed by atoms with Gasteiger partial charge in [-0.25, -0.2) is 15.0 Å². The van der Waals surface area contributed by atoms with E-state index in [1.807, 2.05) is 0 Å². The first-order valence-corrected chi connectivity index (χ1v) is 8.56. The van der Waals surface area contributed by atoms with Crippen molar-refractivity contribution >= 4 is 33.5 Å². The zero-order valence-electron chi connectivity index (χ0n) is 11.4. The van der Waals surface area contributed by atoms with Crippen molar-refractivity contribution < 1.29 is 27.6 Å². The Hall–Kier alpha value is -1.74. The van der Waals surface area contributed by atoms with Crippen LogP contribution in [0.3, 0.4) is 0 Å². The largest absolute Gasteiger partial charge is 0.753 e. The van der Waals surface area contributed by atoms with Crippen LogP contribution in [0.15, 0.2) is 24.8 Å². The molecule has 0 saturated carbocycles. The van der Waals surface area contributed by atoms with Crippen molar-refractivity contribution in [1.82, 2.24) is 19.5 Å². The molecule has 13 heteroatoms. The highest BCUT2D eigenvalue weighted by Gasteiger charge is 2.25. The van der Waals surface area contributed by atoms with Crippen molar-refractivity contribution in [2.24, 2.45) is 0 Å². The number of phosphoric acid groups is 1. The predicted octanol–water partition coefficient (Wildman–Crippen LogP) is 0.303. The molecular weight excluding hydrogens is 348 g/mol. The van der Waals surface area contributed by atoms with Crippen LogP contribution in [0.1, 0.15) is 6.23 Å². The fraction of sp³-hybridized carbons (Fsp3) is 0.300. The fourth-order valence-electron chi connectivity index (χ4n) is 2.03. The molecule has 3 heterocycles. The number of nitrogens with two attached hydrogens (primary N) is 1. The van der Waals surface area contributed by atoms with E-state index in [0.29, 0.717) is 11.2 Å². The minimum Gasteiger partial charge on any atom is -0.753 e. The van der Waals surface area contributed by atoms with Gasteiger partial charge in [0, 0.05) is 0 Å². The number of hydrogen-bond acceptors (Lipinski definition) is 10. The number of phosphoric ester groups is 1. The van der Waals surface area contributed by atoms with Crippen molar-refractivity contribution in [3.05, 3.63) is 24.8 Å². The molecule has 122 valence electrons. The van der Waals surface area contributed by atoms with E-state index >= 15 is 0 Å². The number of imidazole rings is 1. The van der Waals surface area contributed by atoms with Gasteiger partial charge < -0.3 is 19.9 Å². The smallest absolute Gasteiger partial charge is 0.501 e. The minimum atomic E-state index is -4.59. The van der Waals surface area contributed by atoms with E-state index in [2.05, 4.69) is 23.8 Å². The summed E-state index contributed by atoms with van der Waals surface area (Å²) in [6, 6.07) is 0. The number of ether oxygens (including phenoxy) is 1. The van der Waals surface area contributed by atoms with Crippen molar-refractivity contribution in [1.29, 1.82) is 0 Å². The molecule has 1 aliphatic heterocycles. The topological polar surface area (TPSA) is 155 Å². The lowest BCUT2D eigenvalue weighted by atomic mass is 10.4. The molecule has 2 aromatic rings. The number of anilines is 1. The van der Waals surface area contributed by atoms with Crippen molar-refractivity contribution in [3.63, 3.8) is 0 Å². The molecule has 0 spiro atoms. The van der Waals surface area contributed by atoms with Gasteiger partial charge in [-0.05, 0) is 10.6 Å². The average Bonchev–Trinajstić information content (AvgIpc) is 3.12. The number of nitrogens with zero attached hydrogens (tertiary/aromatic N) is 4. The van der Waals surface area contributed by atoms with E-state index in [1.165, 1.54) is 12.7 Å². The highest BCUT2D eigenvalue weighted by molar-refractivity contribution is 7.51. The number of nitrogen functional groups attached to an aromatic ring is 1. The number of aromatic nitrogens is 4. The van der Waals surface area contributed by atoms with Gasteiger partial charge in [0.2, 0.25) is 0 Å². The molecule has 0 aromatic carbocycles. The highest BCUT2D eigenvalue weighted by Crippen LogP contribution is 2.42. The molecule has 2 aromatic heterocycles. The first-order valence-electron chi connectivity index (χ1n) is 6.28. The molecule has 2 unspecified atom stereocenters. The van der Waals surface area contributed by atoms with Gasteiger partial charge in [-0.1, -0.05) is 10.4 Å². The van der Waals surface area contributed by atoms with Gasteiger partial charge >= 0.3 is 16.5 Å². The zero-order chi connectivity index (χ0) is 16.4. The fourth-order valence-corrected chi connectivity index (χ4v) is 2.94. The summed E-state index contributed by atoms with van der Waals surface area (Å²) in [5, 5.41) is 0. The first-order chi connectivity index (χ1) is 11.0. The Morgan fingerprint density at radius 3 is 3.04 bits per heavy atom. The summed E-state index contributed by atoms with van der Waals surface area (Å²) in [6.45, 7) is -0.304. The van der Waals surface area contributed by atoms with E-state index in [4.69, 9.17) is 10.5 Å². The summed E-state index contributed by atoms with van der Waals surface area (Å²) >= 11 is 0. The molecule has 0 amide bonds. The van der Waals surface area contributed by atoms with Gasteiger partial charge in [0.05, 0.1) is 12.9 Å². The molecule has 11 nitrogen and oxygen atoms in total. The van der Waals surface area contributed by atoms with Crippen LogP contribution in [0.25, 0.3) is 11.2 Å². The normalized spacial score (nSPS) is 23.5. The summed E-state index contributed by atoms with van der Waals surface area (Å²) in [4.78, 5) is 23.2. The molecule has 23 heavy (non-hydrogen) atoms. The van der Waals surface area contributed by atoms with Crippen LogP contribution < -0.4 is 10.6 Å². The summed E-state index contributed by atoms with van der Waals surface area (Å²) in [5.74, 6) is 0.249. The van der Waals surface area contributed by atoms with E-state index in [0.717, 1.165) is 0 Å². The molecule has 1 aliphatic rings. The van der Waals surface area contributed by atoms with Gasteiger partial charge in [-0.2, -0.15) is 0 Å². The average molecular weight is 359 g/mol. The molecule has 3 rings (SSSR count). The van der Waals surface area contributed by atoms with Crippen LogP contribution in [-0.2, 0) is 22.7 Å². The monoisotopic (exact) mass is 359 g/mol. The summed E-state index contributed by atoms with van der Waals surface area (Å²) in [5.41, 5.74) is 6.64. The van der Waals surface area contributed by atoms with E-state index in [-0.39, 0.29) is 12.4 Å². The van der Waals surface area contributed by atoms with Crippen LogP contribution in [0, 0.1) is 0 Å². The number of hydrogen-bond donors (Lipinski definition) is 1. The quantitative estimate of drug-likeness (QED) is 0.562. The van der Waals surface area contributed by atoms with Crippen molar-refractivity contribution in [2.75, 3.05) is 12.3 Å². The van der Waals surface area contributed by atoms with Crippen LogP contribution in [0.5, 0.6) is 0 Å². The lowest BCUT2D eigenvalue weighted by molar-refractivity contribution is -0.218. The van der Waals surface area contributed by atoms with Gasteiger partial charge in [-0.3, -0.25) is 9.13 Å². The Bertz CT molecular complexity index is 810. The molecule has 4 atom stereocenters. The predicted molar refractivity (Wildman–Crippen MR) is 76.4 cm³/mol. The van der Waals surface area contributed by atoms with Gasteiger partial charge in [0.15, 0.2) is 17.7 Å². The van der Waals surface area contributed by atoms with Gasteiger partial charge in [-0.15, -0.1) is 0 Å². The first kappa shape index (κ1) is 16.1. The molecule has 0 radical (unpaired) electrons.